The second-order valence-corrected chi connectivity index (χ2v) is 8.84. The van der Waals surface area contributed by atoms with E-state index in [-0.39, 0.29) is 10.8 Å². The number of hydrogen-bond acceptors (Lipinski definition) is 4. The normalized spacial score (nSPS) is 15.6. The summed E-state index contributed by atoms with van der Waals surface area (Å²) in [4.78, 5) is 12.3. The molecule has 0 unspecified atom stereocenters. The van der Waals surface area contributed by atoms with Crippen molar-refractivity contribution in [2.75, 3.05) is 18.4 Å². The summed E-state index contributed by atoms with van der Waals surface area (Å²) in [5.74, 6) is -0.309. The fraction of sp³-hybridized carbons (Fsp3) is 0.273. The Bertz CT molecular complexity index is 1010. The van der Waals surface area contributed by atoms with Crippen molar-refractivity contribution >= 4 is 27.7 Å². The number of rotatable bonds is 5. The molecule has 1 saturated heterocycles. The molecule has 1 N–H and O–H groups in total. The van der Waals surface area contributed by atoms with E-state index in [1.807, 2.05) is 6.07 Å². The van der Waals surface area contributed by atoms with Crippen LogP contribution in [0.25, 0.3) is 6.08 Å². The molecule has 0 saturated carbocycles. The van der Waals surface area contributed by atoms with E-state index in [1.54, 1.807) is 58.9 Å². The number of sulfonamides is 1. The SMILES string of the molecule is N#Cc1ccc(NC(=O)/C=C/c2ccc(S(=O)(=O)N3CCCCCC3)cc2)cc1. The third-order valence-corrected chi connectivity index (χ3v) is 6.70. The fourth-order valence-electron chi connectivity index (χ4n) is 3.17. The van der Waals surface area contributed by atoms with Gasteiger partial charge in [-0.1, -0.05) is 25.0 Å². The van der Waals surface area contributed by atoms with Gasteiger partial charge in [0, 0.05) is 24.9 Å². The summed E-state index contributed by atoms with van der Waals surface area (Å²) < 4.78 is 27.1. The first kappa shape index (κ1) is 20.8. The zero-order valence-electron chi connectivity index (χ0n) is 16.0. The van der Waals surface area contributed by atoms with Gasteiger partial charge in [0.05, 0.1) is 16.5 Å². The Hall–Kier alpha value is -2.95. The molecule has 0 atom stereocenters. The molecule has 1 heterocycles. The molecule has 1 fully saturated rings. The Labute approximate surface area is 171 Å². The van der Waals surface area contributed by atoms with Gasteiger partial charge >= 0.3 is 0 Å². The second kappa shape index (κ2) is 9.50. The Balaban J connectivity index is 1.63. The van der Waals surface area contributed by atoms with Gasteiger partial charge in [-0.3, -0.25) is 4.79 Å². The van der Waals surface area contributed by atoms with Crippen LogP contribution < -0.4 is 5.32 Å². The quantitative estimate of drug-likeness (QED) is 0.761. The molecule has 0 bridgehead atoms. The maximum absolute atomic E-state index is 12.8. The minimum Gasteiger partial charge on any atom is -0.323 e. The maximum Gasteiger partial charge on any atom is 0.248 e. The standard InChI is InChI=1S/C22H23N3O3S/c23-17-19-5-10-20(11-6-19)24-22(26)14-9-18-7-12-21(13-8-18)29(27,28)25-15-3-1-2-4-16-25/h5-14H,1-4,15-16H2,(H,24,26)/b14-9+. The van der Waals surface area contributed by atoms with Crippen LogP contribution in [0.4, 0.5) is 5.69 Å². The van der Waals surface area contributed by atoms with Crippen molar-refractivity contribution in [2.24, 2.45) is 0 Å². The third-order valence-electron chi connectivity index (χ3n) is 4.79. The summed E-state index contributed by atoms with van der Waals surface area (Å²) >= 11 is 0. The summed E-state index contributed by atoms with van der Waals surface area (Å²) in [5.41, 5.74) is 1.85. The van der Waals surface area contributed by atoms with Crippen LogP contribution >= 0.6 is 0 Å². The predicted octanol–water partition coefficient (Wildman–Crippen LogP) is 3.77. The lowest BCUT2D eigenvalue weighted by atomic mass is 10.2. The Kier molecular flexibility index (Phi) is 6.81. The number of anilines is 1. The maximum atomic E-state index is 12.8. The molecule has 3 rings (SSSR count). The average molecular weight is 410 g/mol. The van der Waals surface area contributed by atoms with Crippen LogP contribution in [-0.4, -0.2) is 31.7 Å². The van der Waals surface area contributed by atoms with Crippen LogP contribution in [0.15, 0.2) is 59.5 Å². The highest BCUT2D eigenvalue weighted by Gasteiger charge is 2.24. The van der Waals surface area contributed by atoms with E-state index in [1.165, 1.54) is 6.08 Å². The molecule has 7 heteroatoms. The molecule has 2 aromatic rings. The fourth-order valence-corrected chi connectivity index (χ4v) is 4.68. The topological polar surface area (TPSA) is 90.3 Å². The minimum atomic E-state index is -3.47. The number of nitrogens with one attached hydrogen (secondary N) is 1. The van der Waals surface area contributed by atoms with Crippen LogP contribution in [-0.2, 0) is 14.8 Å². The molecule has 1 amide bonds. The Morgan fingerprint density at radius 3 is 2.17 bits per heavy atom. The van der Waals surface area contributed by atoms with Gasteiger partial charge in [-0.2, -0.15) is 9.57 Å². The Morgan fingerprint density at radius 1 is 0.966 bits per heavy atom. The summed E-state index contributed by atoms with van der Waals surface area (Å²) in [7, 11) is -3.47. The van der Waals surface area contributed by atoms with Gasteiger partial charge in [-0.15, -0.1) is 0 Å². The van der Waals surface area contributed by atoms with Gasteiger partial charge < -0.3 is 5.32 Å². The summed E-state index contributed by atoms with van der Waals surface area (Å²) in [6.07, 6.45) is 6.95. The number of carbonyl (C=O) groups excluding carboxylic acids is 1. The van der Waals surface area contributed by atoms with Crippen LogP contribution in [0.2, 0.25) is 0 Å². The summed E-state index contributed by atoms with van der Waals surface area (Å²) in [6, 6.07) is 15.1. The molecule has 0 radical (unpaired) electrons. The highest BCUT2D eigenvalue weighted by atomic mass is 32.2. The van der Waals surface area contributed by atoms with E-state index in [4.69, 9.17) is 5.26 Å². The van der Waals surface area contributed by atoms with E-state index >= 15 is 0 Å². The first-order valence-corrected chi connectivity index (χ1v) is 11.0. The number of benzene rings is 2. The third kappa shape index (κ3) is 5.53. The van der Waals surface area contributed by atoms with Crippen molar-refractivity contribution in [2.45, 2.75) is 30.6 Å². The lowest BCUT2D eigenvalue weighted by Crippen LogP contribution is -2.31. The molecule has 0 aromatic heterocycles. The van der Waals surface area contributed by atoms with E-state index < -0.39 is 10.0 Å². The molecule has 6 nitrogen and oxygen atoms in total. The molecule has 0 aliphatic carbocycles. The number of hydrogen-bond donors (Lipinski definition) is 1. The summed E-state index contributed by atoms with van der Waals surface area (Å²) in [5, 5.41) is 11.5. The van der Waals surface area contributed by atoms with E-state index in [0.29, 0.717) is 24.3 Å². The first-order chi connectivity index (χ1) is 14.0. The molecular formula is C22H23N3O3S. The first-order valence-electron chi connectivity index (χ1n) is 9.58. The molecular weight excluding hydrogens is 386 g/mol. The Morgan fingerprint density at radius 2 is 1.59 bits per heavy atom. The van der Waals surface area contributed by atoms with Crippen LogP contribution in [0, 0.1) is 11.3 Å². The van der Waals surface area contributed by atoms with Gasteiger partial charge in [0.1, 0.15) is 0 Å². The van der Waals surface area contributed by atoms with E-state index in [9.17, 15) is 13.2 Å². The molecule has 150 valence electrons. The van der Waals surface area contributed by atoms with Crippen LogP contribution in [0.3, 0.4) is 0 Å². The monoisotopic (exact) mass is 409 g/mol. The number of amides is 1. The largest absolute Gasteiger partial charge is 0.323 e. The number of nitriles is 1. The van der Waals surface area contributed by atoms with Crippen molar-refractivity contribution in [3.63, 3.8) is 0 Å². The molecule has 1 aliphatic heterocycles. The number of nitrogens with zero attached hydrogens (tertiary/aromatic N) is 2. The molecule has 29 heavy (non-hydrogen) atoms. The van der Waals surface area contributed by atoms with Crippen molar-refractivity contribution < 1.29 is 13.2 Å². The summed E-state index contributed by atoms with van der Waals surface area (Å²) in [6.45, 7) is 1.14. The zero-order chi connectivity index (χ0) is 20.7. The number of carbonyl (C=O) groups is 1. The average Bonchev–Trinajstić information content (AvgIpc) is 3.03. The highest BCUT2D eigenvalue weighted by Crippen LogP contribution is 2.21. The predicted molar refractivity (Wildman–Crippen MR) is 112 cm³/mol. The van der Waals surface area contributed by atoms with E-state index in [0.717, 1.165) is 31.2 Å². The van der Waals surface area contributed by atoms with Gasteiger partial charge in [-0.05, 0) is 60.9 Å². The van der Waals surface area contributed by atoms with Crippen molar-refractivity contribution in [1.82, 2.24) is 4.31 Å². The van der Waals surface area contributed by atoms with Gasteiger partial charge in [0.2, 0.25) is 15.9 Å². The smallest absolute Gasteiger partial charge is 0.248 e. The minimum absolute atomic E-state index is 0.276. The molecule has 0 spiro atoms. The zero-order valence-corrected chi connectivity index (χ0v) is 16.9. The van der Waals surface area contributed by atoms with Crippen LogP contribution in [0.5, 0.6) is 0 Å². The van der Waals surface area contributed by atoms with Crippen molar-refractivity contribution in [1.29, 1.82) is 5.26 Å². The van der Waals surface area contributed by atoms with E-state index in [2.05, 4.69) is 5.32 Å². The molecule has 1 aliphatic rings. The van der Waals surface area contributed by atoms with Gasteiger partial charge in [0.15, 0.2) is 0 Å². The highest BCUT2D eigenvalue weighted by molar-refractivity contribution is 7.89. The molecule has 2 aromatic carbocycles. The second-order valence-electron chi connectivity index (χ2n) is 6.90. The van der Waals surface area contributed by atoms with Crippen molar-refractivity contribution in [3.05, 3.63) is 65.7 Å². The lowest BCUT2D eigenvalue weighted by molar-refractivity contribution is -0.111. The van der Waals surface area contributed by atoms with Gasteiger partial charge in [-0.25, -0.2) is 8.42 Å². The van der Waals surface area contributed by atoms with Gasteiger partial charge in [0.25, 0.3) is 0 Å². The van der Waals surface area contributed by atoms with Crippen molar-refractivity contribution in [3.8, 4) is 6.07 Å². The van der Waals surface area contributed by atoms with Crippen LogP contribution in [0.1, 0.15) is 36.8 Å². The lowest BCUT2D eigenvalue weighted by Gasteiger charge is -2.19.